The zero-order valence-corrected chi connectivity index (χ0v) is 15.2. The number of β-amino-alcohol motifs (C(OH)–C–C–N with tert-alkyl or cyclic N) is 1. The first-order valence-corrected chi connectivity index (χ1v) is 9.16. The molecule has 0 unspecified atom stereocenters. The fraction of sp³-hybridized carbons (Fsp3) is 0.368. The van der Waals surface area contributed by atoms with Gasteiger partial charge in [-0.1, -0.05) is 12.1 Å². The third-order valence-electron chi connectivity index (χ3n) is 5.07. The third kappa shape index (κ3) is 3.94. The lowest BCUT2D eigenvalue weighted by molar-refractivity contribution is -0.00973. The van der Waals surface area contributed by atoms with E-state index in [9.17, 15) is 9.50 Å². The van der Waals surface area contributed by atoms with Gasteiger partial charge in [0.15, 0.2) is 0 Å². The summed E-state index contributed by atoms with van der Waals surface area (Å²) in [6.07, 6.45) is 3.03. The van der Waals surface area contributed by atoms with Crippen molar-refractivity contribution < 1.29 is 9.50 Å². The van der Waals surface area contributed by atoms with Crippen molar-refractivity contribution in [2.24, 2.45) is 5.92 Å². The van der Waals surface area contributed by atoms with Crippen LogP contribution in [0, 0.1) is 22.6 Å². The van der Waals surface area contributed by atoms with Gasteiger partial charge in [0.1, 0.15) is 28.9 Å². The van der Waals surface area contributed by atoms with Crippen molar-refractivity contribution in [3.05, 3.63) is 41.7 Å². The maximum atomic E-state index is 13.1. The molecule has 146 valence electrons. The van der Waals surface area contributed by atoms with Gasteiger partial charge in [0.2, 0.25) is 5.95 Å². The summed E-state index contributed by atoms with van der Waals surface area (Å²) in [5.41, 5.74) is 0.242. The molecule has 5 N–H and O–H groups in total. The maximum Gasteiger partial charge on any atom is 0.226 e. The van der Waals surface area contributed by atoms with Gasteiger partial charge in [-0.05, 0) is 36.5 Å². The van der Waals surface area contributed by atoms with Crippen molar-refractivity contribution in [2.45, 2.75) is 25.0 Å². The molecule has 1 aliphatic carbocycles. The molecular weight excluding hydrogens is 361 g/mol. The predicted octanol–water partition coefficient (Wildman–Crippen LogP) is 2.23. The van der Waals surface area contributed by atoms with Crippen LogP contribution >= 0.6 is 0 Å². The van der Waals surface area contributed by atoms with Gasteiger partial charge in [-0.15, -0.1) is 0 Å². The summed E-state index contributed by atoms with van der Waals surface area (Å²) in [5.74, 6) is 1.38. The summed E-state index contributed by atoms with van der Waals surface area (Å²) in [7, 11) is 0. The monoisotopic (exact) mass is 383 g/mol. The van der Waals surface area contributed by atoms with E-state index in [0.717, 1.165) is 24.6 Å². The normalized spacial score (nSPS) is 17.6. The number of anilines is 3. The molecule has 1 aliphatic heterocycles. The number of amidine groups is 1. The molecule has 0 amide bonds. The van der Waals surface area contributed by atoms with E-state index in [0.29, 0.717) is 43.1 Å². The molecule has 9 heteroatoms. The first kappa shape index (κ1) is 18.3. The van der Waals surface area contributed by atoms with Crippen LogP contribution in [0.15, 0.2) is 30.3 Å². The van der Waals surface area contributed by atoms with E-state index in [1.165, 1.54) is 12.1 Å². The Kier molecular flexibility index (Phi) is 4.68. The van der Waals surface area contributed by atoms with Crippen molar-refractivity contribution >= 4 is 29.6 Å². The third-order valence-corrected chi connectivity index (χ3v) is 5.07. The lowest BCUT2D eigenvalue weighted by Gasteiger charge is -2.47. The van der Waals surface area contributed by atoms with Crippen molar-refractivity contribution in [1.82, 2.24) is 9.97 Å². The Bertz CT molecular complexity index is 892. The fourth-order valence-corrected chi connectivity index (χ4v) is 3.35. The van der Waals surface area contributed by atoms with Crippen molar-refractivity contribution in [2.75, 3.05) is 28.6 Å². The summed E-state index contributed by atoms with van der Waals surface area (Å²) in [6, 6.07) is 7.85. The molecule has 2 heterocycles. The Morgan fingerprint density at radius 3 is 2.64 bits per heavy atom. The molecular formula is C19H22FN7O. The topological polar surface area (TPSA) is 121 Å². The van der Waals surface area contributed by atoms with E-state index < -0.39 is 5.60 Å². The largest absolute Gasteiger partial charge is 0.386 e. The number of benzene rings is 1. The zero-order valence-electron chi connectivity index (χ0n) is 15.2. The number of nitrogens with one attached hydrogen (secondary N) is 4. The van der Waals surface area contributed by atoms with E-state index >= 15 is 0 Å². The number of hydrogen-bond donors (Lipinski definition) is 5. The van der Waals surface area contributed by atoms with Crippen LogP contribution in [0.4, 0.5) is 22.0 Å². The van der Waals surface area contributed by atoms with E-state index in [2.05, 4.69) is 20.6 Å². The second-order valence-corrected chi connectivity index (χ2v) is 7.33. The first-order valence-electron chi connectivity index (χ1n) is 9.16. The lowest BCUT2D eigenvalue weighted by atomic mass is 9.89. The van der Waals surface area contributed by atoms with Crippen LogP contribution in [0.1, 0.15) is 18.4 Å². The average molecular weight is 383 g/mol. The van der Waals surface area contributed by atoms with E-state index in [-0.39, 0.29) is 11.7 Å². The van der Waals surface area contributed by atoms with Crippen LogP contribution in [0.5, 0.6) is 0 Å². The molecule has 2 fully saturated rings. The molecule has 28 heavy (non-hydrogen) atoms. The summed E-state index contributed by atoms with van der Waals surface area (Å²) in [6.45, 7) is 1.46. The zero-order chi connectivity index (χ0) is 19.7. The molecule has 2 aliphatic rings. The van der Waals surface area contributed by atoms with Gasteiger partial charge in [0.25, 0.3) is 0 Å². The van der Waals surface area contributed by atoms with Crippen molar-refractivity contribution in [3.8, 4) is 0 Å². The highest BCUT2D eigenvalue weighted by Crippen LogP contribution is 2.45. The van der Waals surface area contributed by atoms with Gasteiger partial charge >= 0.3 is 0 Å². The Balaban J connectivity index is 1.51. The van der Waals surface area contributed by atoms with Gasteiger partial charge in [-0.2, -0.15) is 9.97 Å². The van der Waals surface area contributed by atoms with Crippen LogP contribution < -0.4 is 15.5 Å². The van der Waals surface area contributed by atoms with Crippen molar-refractivity contribution in [1.29, 1.82) is 10.8 Å². The van der Waals surface area contributed by atoms with Gasteiger partial charge < -0.3 is 26.0 Å². The molecule has 1 saturated heterocycles. The smallest absolute Gasteiger partial charge is 0.226 e. The summed E-state index contributed by atoms with van der Waals surface area (Å²) in [5, 5.41) is 31.2. The Morgan fingerprint density at radius 2 is 2.00 bits per heavy atom. The highest BCUT2D eigenvalue weighted by molar-refractivity contribution is 6.32. The van der Waals surface area contributed by atoms with Gasteiger partial charge in [-0.25, -0.2) is 4.39 Å². The van der Waals surface area contributed by atoms with Gasteiger partial charge in [-0.3, -0.25) is 5.41 Å². The first-order chi connectivity index (χ1) is 13.4. The van der Waals surface area contributed by atoms with E-state index in [4.69, 9.17) is 10.8 Å². The minimum Gasteiger partial charge on any atom is -0.386 e. The molecule has 0 bridgehead atoms. The SMILES string of the molecule is N=CC(=N)Nc1cc(N2CC(O)(C3CC3)C2)nc(NCc2ccc(F)cc2)n1. The minimum absolute atomic E-state index is 0.0905. The van der Waals surface area contributed by atoms with Crippen molar-refractivity contribution in [3.63, 3.8) is 0 Å². The lowest BCUT2D eigenvalue weighted by Crippen LogP contribution is -2.63. The average Bonchev–Trinajstić information content (AvgIpc) is 3.50. The molecule has 1 aromatic carbocycles. The number of aliphatic hydroxyl groups is 1. The second kappa shape index (κ2) is 7.16. The molecule has 0 radical (unpaired) electrons. The molecule has 4 rings (SSSR count). The van der Waals surface area contributed by atoms with Crippen LogP contribution in [0.3, 0.4) is 0 Å². The van der Waals surface area contributed by atoms with Crippen LogP contribution in [-0.2, 0) is 6.54 Å². The maximum absolute atomic E-state index is 13.1. The number of nitrogens with zero attached hydrogens (tertiary/aromatic N) is 3. The number of hydrogen-bond acceptors (Lipinski definition) is 7. The second-order valence-electron chi connectivity index (χ2n) is 7.33. The molecule has 1 aromatic heterocycles. The van der Waals surface area contributed by atoms with E-state index in [1.54, 1.807) is 18.2 Å². The fourth-order valence-electron chi connectivity index (χ4n) is 3.35. The summed E-state index contributed by atoms with van der Waals surface area (Å²) < 4.78 is 13.1. The molecule has 1 saturated carbocycles. The number of halogens is 1. The Labute approximate surface area is 161 Å². The van der Waals surface area contributed by atoms with Gasteiger partial charge in [0.05, 0.1) is 19.3 Å². The predicted molar refractivity (Wildman–Crippen MR) is 106 cm³/mol. The summed E-state index contributed by atoms with van der Waals surface area (Å²) in [4.78, 5) is 10.8. The van der Waals surface area contributed by atoms with Crippen LogP contribution in [0.25, 0.3) is 0 Å². The standard InChI is InChI=1S/C19H22FN7O/c20-14-5-1-12(2-6-14)9-23-18-25-16(24-15(22)8-21)7-17(26-18)27-10-19(28,11-27)13-3-4-13/h1-2,5-8,13,21,28H,3-4,9-11H2,(H3,22,23,24,25,26). The minimum atomic E-state index is -0.637. The van der Waals surface area contributed by atoms with Crippen LogP contribution in [0.2, 0.25) is 0 Å². The highest BCUT2D eigenvalue weighted by atomic mass is 19.1. The molecule has 8 nitrogen and oxygen atoms in total. The quantitative estimate of drug-likeness (QED) is 0.369. The summed E-state index contributed by atoms with van der Waals surface area (Å²) >= 11 is 0. The van der Waals surface area contributed by atoms with E-state index in [1.807, 2.05) is 4.90 Å². The number of rotatable bonds is 7. The van der Waals surface area contributed by atoms with Gasteiger partial charge in [0, 0.05) is 12.6 Å². The van der Waals surface area contributed by atoms with Crippen LogP contribution in [-0.4, -0.2) is 45.8 Å². The molecule has 2 aromatic rings. The molecule has 0 spiro atoms. The highest BCUT2D eigenvalue weighted by Gasteiger charge is 2.52. The molecule has 0 atom stereocenters. The Hall–Kier alpha value is -3.07. The Morgan fingerprint density at radius 1 is 1.29 bits per heavy atom. The number of aromatic nitrogens is 2.